The van der Waals surface area contributed by atoms with Gasteiger partial charge in [-0.2, -0.15) is 5.10 Å². The number of aromatic nitrogens is 4. The van der Waals surface area contributed by atoms with Crippen molar-refractivity contribution >= 4 is 5.91 Å². The quantitative estimate of drug-likeness (QED) is 0.713. The van der Waals surface area contributed by atoms with Gasteiger partial charge in [-0.05, 0) is 51.2 Å². The number of amides is 1. The van der Waals surface area contributed by atoms with E-state index in [-0.39, 0.29) is 12.5 Å². The van der Waals surface area contributed by atoms with Gasteiger partial charge >= 0.3 is 0 Å². The minimum Gasteiger partial charge on any atom is -0.394 e. The van der Waals surface area contributed by atoms with Crippen LogP contribution in [0.25, 0.3) is 17.2 Å². The van der Waals surface area contributed by atoms with E-state index in [9.17, 15) is 9.90 Å². The lowest BCUT2D eigenvalue weighted by atomic mass is 10.0. The summed E-state index contributed by atoms with van der Waals surface area (Å²) in [5.74, 6) is 0.159. The van der Waals surface area contributed by atoms with Crippen LogP contribution in [-0.2, 0) is 12.8 Å². The summed E-state index contributed by atoms with van der Waals surface area (Å²) in [7, 11) is 0. The highest BCUT2D eigenvalue weighted by atomic mass is 16.3. The molecule has 1 amide bonds. The maximum atomic E-state index is 12.6. The average Bonchev–Trinajstić information content (AvgIpc) is 2.99. The van der Waals surface area contributed by atoms with Gasteiger partial charge in [-0.25, -0.2) is 14.6 Å². The molecule has 0 unspecified atom stereocenters. The lowest BCUT2D eigenvalue weighted by molar-refractivity contribution is 0.0868. The summed E-state index contributed by atoms with van der Waals surface area (Å²) in [5, 5.41) is 16.6. The number of aliphatic hydroxyl groups excluding tert-OH is 1. The third-order valence-corrected chi connectivity index (χ3v) is 5.31. The van der Waals surface area contributed by atoms with Gasteiger partial charge in [0.15, 0.2) is 0 Å². The number of aliphatic hydroxyl groups is 1. The number of benzene rings is 1. The Morgan fingerprint density at radius 3 is 2.76 bits per heavy atom. The Hall–Kier alpha value is -3.06. The Labute approximate surface area is 169 Å². The molecule has 1 aromatic carbocycles. The molecule has 1 aliphatic rings. The van der Waals surface area contributed by atoms with Crippen LogP contribution in [0.3, 0.4) is 0 Å². The maximum absolute atomic E-state index is 12.6. The minimum atomic E-state index is -0.712. The first-order chi connectivity index (χ1) is 13.9. The van der Waals surface area contributed by atoms with Crippen molar-refractivity contribution in [2.75, 3.05) is 6.61 Å². The number of carbonyl (C=O) groups is 1. The number of hydrogen-bond acceptors (Lipinski definition) is 5. The molecule has 0 atom stereocenters. The first kappa shape index (κ1) is 19.3. The number of aryl methyl sites for hydroxylation is 2. The van der Waals surface area contributed by atoms with E-state index >= 15 is 0 Å². The van der Waals surface area contributed by atoms with Gasteiger partial charge in [0.25, 0.3) is 11.9 Å². The van der Waals surface area contributed by atoms with Crippen LogP contribution in [0, 0.1) is 6.92 Å². The first-order valence-electron chi connectivity index (χ1n) is 9.82. The topological polar surface area (TPSA) is 92.9 Å². The molecule has 7 heteroatoms. The van der Waals surface area contributed by atoms with E-state index in [0.717, 1.165) is 36.1 Å². The second-order valence-electron chi connectivity index (χ2n) is 8.11. The molecule has 0 aliphatic heterocycles. The molecule has 0 fully saturated rings. The molecule has 0 radical (unpaired) electrons. The van der Waals surface area contributed by atoms with Gasteiger partial charge in [-0.3, -0.25) is 4.79 Å². The highest BCUT2D eigenvalue weighted by Gasteiger charge is 2.24. The molecule has 4 rings (SSSR count). The molecule has 0 spiro atoms. The largest absolute Gasteiger partial charge is 0.394 e. The van der Waals surface area contributed by atoms with Crippen LogP contribution in [0.4, 0.5) is 0 Å². The van der Waals surface area contributed by atoms with Gasteiger partial charge in [0.1, 0.15) is 0 Å². The molecule has 0 saturated carbocycles. The molecule has 2 heterocycles. The van der Waals surface area contributed by atoms with Gasteiger partial charge in [0.05, 0.1) is 35.3 Å². The van der Waals surface area contributed by atoms with E-state index in [4.69, 9.17) is 4.98 Å². The van der Waals surface area contributed by atoms with Crippen molar-refractivity contribution in [3.05, 3.63) is 59.0 Å². The van der Waals surface area contributed by atoms with Crippen molar-refractivity contribution in [1.29, 1.82) is 0 Å². The van der Waals surface area contributed by atoms with E-state index in [0.29, 0.717) is 17.2 Å². The van der Waals surface area contributed by atoms with Gasteiger partial charge < -0.3 is 10.4 Å². The summed E-state index contributed by atoms with van der Waals surface area (Å²) in [6.45, 7) is 5.19. The molecule has 1 aliphatic carbocycles. The van der Waals surface area contributed by atoms with Crippen molar-refractivity contribution < 1.29 is 9.90 Å². The maximum Gasteiger partial charge on any atom is 0.255 e. The standard InChI is InChI=1S/C22H25N5O2/c1-14-18(20(29)26-22(2,3)13-28)12-24-27(14)21-23-11-16-9-6-8-15-7-4-5-10-17(15)19(16)25-21/h4-5,7,10-12,28H,6,8-9,13H2,1-3H3,(H,26,29). The van der Waals surface area contributed by atoms with Gasteiger partial charge in [0, 0.05) is 11.8 Å². The molecule has 0 bridgehead atoms. The molecule has 29 heavy (non-hydrogen) atoms. The summed E-state index contributed by atoms with van der Waals surface area (Å²) < 4.78 is 1.59. The Morgan fingerprint density at radius 2 is 1.97 bits per heavy atom. The lowest BCUT2D eigenvalue weighted by Crippen LogP contribution is -2.46. The van der Waals surface area contributed by atoms with Gasteiger partial charge in [-0.1, -0.05) is 24.3 Å². The van der Waals surface area contributed by atoms with Crippen LogP contribution >= 0.6 is 0 Å². The van der Waals surface area contributed by atoms with Crippen molar-refractivity contribution in [3.8, 4) is 17.2 Å². The SMILES string of the molecule is Cc1c(C(=O)NC(C)(C)CO)cnn1-c1ncc2c(n1)-c1ccccc1CCC2. The van der Waals surface area contributed by atoms with E-state index < -0.39 is 5.54 Å². The molecule has 2 N–H and O–H groups in total. The molecular weight excluding hydrogens is 366 g/mol. The van der Waals surface area contributed by atoms with E-state index in [2.05, 4.69) is 33.6 Å². The van der Waals surface area contributed by atoms with Gasteiger partial charge in [0.2, 0.25) is 0 Å². The van der Waals surface area contributed by atoms with Crippen LogP contribution in [0.1, 0.15) is 47.4 Å². The molecule has 150 valence electrons. The third kappa shape index (κ3) is 3.65. The second kappa shape index (κ2) is 7.40. The normalized spacial score (nSPS) is 13.4. The predicted molar refractivity (Wildman–Crippen MR) is 110 cm³/mol. The van der Waals surface area contributed by atoms with Crippen molar-refractivity contribution in [2.24, 2.45) is 0 Å². The fraction of sp³-hybridized carbons (Fsp3) is 0.364. The van der Waals surface area contributed by atoms with Crippen molar-refractivity contribution in [1.82, 2.24) is 25.1 Å². The molecule has 3 aromatic rings. The number of carbonyl (C=O) groups excluding carboxylic acids is 1. The number of nitrogens with zero attached hydrogens (tertiary/aromatic N) is 4. The Morgan fingerprint density at radius 1 is 1.21 bits per heavy atom. The van der Waals surface area contributed by atoms with E-state index in [1.54, 1.807) is 18.5 Å². The smallest absolute Gasteiger partial charge is 0.255 e. The fourth-order valence-electron chi connectivity index (χ4n) is 3.60. The number of rotatable bonds is 4. The molecular formula is C22H25N5O2. The Kier molecular flexibility index (Phi) is 4.92. The van der Waals surface area contributed by atoms with E-state index in [1.807, 2.05) is 19.2 Å². The van der Waals surface area contributed by atoms with Crippen LogP contribution in [0.2, 0.25) is 0 Å². The molecule has 7 nitrogen and oxygen atoms in total. The Bertz CT molecular complexity index is 1070. The zero-order valence-corrected chi connectivity index (χ0v) is 16.9. The summed E-state index contributed by atoms with van der Waals surface area (Å²) in [6, 6.07) is 8.33. The lowest BCUT2D eigenvalue weighted by Gasteiger charge is -2.23. The summed E-state index contributed by atoms with van der Waals surface area (Å²) in [5.41, 5.74) is 4.87. The molecule has 2 aromatic heterocycles. The summed E-state index contributed by atoms with van der Waals surface area (Å²) >= 11 is 0. The highest BCUT2D eigenvalue weighted by molar-refractivity contribution is 5.95. The second-order valence-corrected chi connectivity index (χ2v) is 8.11. The van der Waals surface area contributed by atoms with Crippen LogP contribution < -0.4 is 5.32 Å². The number of nitrogens with one attached hydrogen (secondary N) is 1. The van der Waals surface area contributed by atoms with Gasteiger partial charge in [-0.15, -0.1) is 0 Å². The number of fused-ring (bicyclic) bond motifs is 3. The zero-order chi connectivity index (χ0) is 20.6. The van der Waals surface area contributed by atoms with Crippen LogP contribution in [0.5, 0.6) is 0 Å². The average molecular weight is 391 g/mol. The van der Waals surface area contributed by atoms with Crippen molar-refractivity contribution in [2.45, 2.75) is 45.6 Å². The number of hydrogen-bond donors (Lipinski definition) is 2. The molecule has 0 saturated heterocycles. The van der Waals surface area contributed by atoms with Crippen LogP contribution in [0.15, 0.2) is 36.7 Å². The highest BCUT2D eigenvalue weighted by Crippen LogP contribution is 2.31. The Balaban J connectivity index is 1.73. The minimum absolute atomic E-state index is 0.154. The van der Waals surface area contributed by atoms with E-state index in [1.165, 1.54) is 11.8 Å². The monoisotopic (exact) mass is 391 g/mol. The summed E-state index contributed by atoms with van der Waals surface area (Å²) in [6.07, 6.45) is 6.41. The third-order valence-electron chi connectivity index (χ3n) is 5.31. The zero-order valence-electron chi connectivity index (χ0n) is 16.9. The van der Waals surface area contributed by atoms with Crippen LogP contribution in [-0.4, -0.2) is 42.9 Å². The first-order valence-corrected chi connectivity index (χ1v) is 9.82. The van der Waals surface area contributed by atoms with Crippen molar-refractivity contribution in [3.63, 3.8) is 0 Å². The predicted octanol–water partition coefficient (Wildman–Crippen LogP) is 2.63. The summed E-state index contributed by atoms with van der Waals surface area (Å²) in [4.78, 5) is 22.0. The fourth-order valence-corrected chi connectivity index (χ4v) is 3.60.